The molecular formula is C19H19N3O2. The lowest BCUT2D eigenvalue weighted by atomic mass is 10.1. The zero-order valence-corrected chi connectivity index (χ0v) is 13.9. The fourth-order valence-electron chi connectivity index (χ4n) is 2.28. The third-order valence-electron chi connectivity index (χ3n) is 3.78. The van der Waals surface area contributed by atoms with Crippen LogP contribution in [-0.2, 0) is 0 Å². The Labute approximate surface area is 140 Å². The van der Waals surface area contributed by atoms with Crippen molar-refractivity contribution in [1.82, 2.24) is 15.5 Å². The number of carbonyl (C=O) groups is 1. The Kier molecular flexibility index (Phi) is 4.42. The zero-order valence-electron chi connectivity index (χ0n) is 13.9. The highest BCUT2D eigenvalue weighted by molar-refractivity contribution is 5.94. The fraction of sp³-hybridized carbons (Fsp3) is 0.211. The molecule has 0 aliphatic rings. The number of nitrogens with zero attached hydrogens (tertiary/aromatic N) is 2. The van der Waals surface area contributed by atoms with E-state index in [0.29, 0.717) is 17.3 Å². The summed E-state index contributed by atoms with van der Waals surface area (Å²) in [5.41, 5.74) is 3.76. The van der Waals surface area contributed by atoms with Gasteiger partial charge in [-0.3, -0.25) is 4.79 Å². The summed E-state index contributed by atoms with van der Waals surface area (Å²) in [7, 11) is 0. The van der Waals surface area contributed by atoms with Crippen LogP contribution in [0.1, 0.15) is 40.3 Å². The van der Waals surface area contributed by atoms with Gasteiger partial charge in [-0.05, 0) is 32.9 Å². The monoisotopic (exact) mass is 321 g/mol. The summed E-state index contributed by atoms with van der Waals surface area (Å²) in [6.45, 7) is 5.82. The van der Waals surface area contributed by atoms with Crippen LogP contribution in [0.25, 0.3) is 11.4 Å². The number of amides is 1. The summed E-state index contributed by atoms with van der Waals surface area (Å²) in [6, 6.07) is 14.9. The molecule has 24 heavy (non-hydrogen) atoms. The van der Waals surface area contributed by atoms with E-state index in [2.05, 4.69) is 15.5 Å². The molecular weight excluding hydrogens is 302 g/mol. The fourth-order valence-corrected chi connectivity index (χ4v) is 2.28. The Balaban J connectivity index is 1.71. The Morgan fingerprint density at radius 2 is 1.58 bits per heavy atom. The SMILES string of the molecule is Cc1ccc(C(=O)N[C@H](C)c2nc(-c3ccc(C)cc3)no2)cc1. The molecule has 2 aromatic carbocycles. The van der Waals surface area contributed by atoms with E-state index in [1.54, 1.807) is 12.1 Å². The molecule has 3 rings (SSSR count). The van der Waals surface area contributed by atoms with E-state index in [4.69, 9.17) is 4.52 Å². The van der Waals surface area contributed by atoms with E-state index < -0.39 is 0 Å². The molecule has 0 aliphatic carbocycles. The Hall–Kier alpha value is -2.95. The Morgan fingerprint density at radius 3 is 2.21 bits per heavy atom. The largest absolute Gasteiger partial charge is 0.341 e. The third-order valence-corrected chi connectivity index (χ3v) is 3.78. The molecule has 0 radical (unpaired) electrons. The maximum absolute atomic E-state index is 12.3. The van der Waals surface area contributed by atoms with Crippen LogP contribution in [0.5, 0.6) is 0 Å². The minimum Gasteiger partial charge on any atom is -0.341 e. The summed E-state index contributed by atoms with van der Waals surface area (Å²) >= 11 is 0. The van der Waals surface area contributed by atoms with Crippen LogP contribution >= 0.6 is 0 Å². The quantitative estimate of drug-likeness (QED) is 0.792. The van der Waals surface area contributed by atoms with Crippen LogP contribution < -0.4 is 5.32 Å². The Bertz CT molecular complexity index is 836. The number of aromatic nitrogens is 2. The average Bonchev–Trinajstić information content (AvgIpc) is 3.06. The normalized spacial score (nSPS) is 12.0. The van der Waals surface area contributed by atoms with E-state index in [1.807, 2.05) is 57.2 Å². The molecule has 1 aromatic heterocycles. The van der Waals surface area contributed by atoms with Crippen molar-refractivity contribution in [1.29, 1.82) is 0 Å². The first-order valence-corrected chi connectivity index (χ1v) is 7.81. The highest BCUT2D eigenvalue weighted by Crippen LogP contribution is 2.19. The predicted molar refractivity (Wildman–Crippen MR) is 91.5 cm³/mol. The van der Waals surface area contributed by atoms with E-state index in [1.165, 1.54) is 5.56 Å². The van der Waals surface area contributed by atoms with Crippen LogP contribution in [-0.4, -0.2) is 16.0 Å². The number of hydrogen-bond donors (Lipinski definition) is 1. The molecule has 0 unspecified atom stereocenters. The van der Waals surface area contributed by atoms with Gasteiger partial charge in [-0.25, -0.2) is 0 Å². The van der Waals surface area contributed by atoms with Crippen molar-refractivity contribution >= 4 is 5.91 Å². The highest BCUT2D eigenvalue weighted by atomic mass is 16.5. The van der Waals surface area contributed by atoms with Gasteiger partial charge in [0.1, 0.15) is 6.04 Å². The number of benzene rings is 2. The topological polar surface area (TPSA) is 68.0 Å². The number of aryl methyl sites for hydroxylation is 2. The molecule has 3 aromatic rings. The van der Waals surface area contributed by atoms with Gasteiger partial charge in [-0.15, -0.1) is 0 Å². The van der Waals surface area contributed by atoms with Gasteiger partial charge in [-0.2, -0.15) is 4.98 Å². The van der Waals surface area contributed by atoms with Gasteiger partial charge < -0.3 is 9.84 Å². The van der Waals surface area contributed by atoms with Gasteiger partial charge in [0.25, 0.3) is 5.91 Å². The van der Waals surface area contributed by atoms with E-state index >= 15 is 0 Å². The lowest BCUT2D eigenvalue weighted by molar-refractivity contribution is 0.0932. The van der Waals surface area contributed by atoms with Crippen molar-refractivity contribution in [3.63, 3.8) is 0 Å². The van der Waals surface area contributed by atoms with Crippen LogP contribution in [0.4, 0.5) is 0 Å². The van der Waals surface area contributed by atoms with Gasteiger partial charge in [0, 0.05) is 11.1 Å². The molecule has 5 heteroatoms. The second-order valence-corrected chi connectivity index (χ2v) is 5.88. The van der Waals surface area contributed by atoms with Gasteiger partial charge in [0.05, 0.1) is 0 Å². The predicted octanol–water partition coefficient (Wildman–Crippen LogP) is 3.84. The van der Waals surface area contributed by atoms with Crippen molar-refractivity contribution in [3.8, 4) is 11.4 Å². The van der Waals surface area contributed by atoms with Gasteiger partial charge in [0.15, 0.2) is 0 Å². The molecule has 1 N–H and O–H groups in total. The molecule has 0 bridgehead atoms. The summed E-state index contributed by atoms with van der Waals surface area (Å²) in [5, 5.41) is 6.86. The van der Waals surface area contributed by atoms with Crippen LogP contribution in [0.3, 0.4) is 0 Å². The summed E-state index contributed by atoms with van der Waals surface area (Å²) in [4.78, 5) is 16.6. The first-order chi connectivity index (χ1) is 11.5. The summed E-state index contributed by atoms with van der Waals surface area (Å²) in [6.07, 6.45) is 0. The second-order valence-electron chi connectivity index (χ2n) is 5.88. The van der Waals surface area contributed by atoms with Crippen molar-refractivity contribution in [2.24, 2.45) is 0 Å². The van der Waals surface area contributed by atoms with Crippen molar-refractivity contribution in [2.75, 3.05) is 0 Å². The van der Waals surface area contributed by atoms with Crippen LogP contribution in [0.15, 0.2) is 53.1 Å². The Morgan fingerprint density at radius 1 is 1.00 bits per heavy atom. The molecule has 0 saturated heterocycles. The van der Waals surface area contributed by atoms with Gasteiger partial charge >= 0.3 is 0 Å². The highest BCUT2D eigenvalue weighted by Gasteiger charge is 2.18. The minimum atomic E-state index is -0.370. The molecule has 1 heterocycles. The van der Waals surface area contributed by atoms with E-state index in [9.17, 15) is 4.79 Å². The molecule has 0 aliphatic heterocycles. The van der Waals surface area contributed by atoms with E-state index in [-0.39, 0.29) is 11.9 Å². The smallest absolute Gasteiger partial charge is 0.251 e. The molecule has 1 amide bonds. The van der Waals surface area contributed by atoms with Gasteiger partial charge in [-0.1, -0.05) is 52.7 Å². The first-order valence-electron chi connectivity index (χ1n) is 7.81. The third kappa shape index (κ3) is 3.51. The van der Waals surface area contributed by atoms with Crippen LogP contribution in [0.2, 0.25) is 0 Å². The number of nitrogens with one attached hydrogen (secondary N) is 1. The summed E-state index contributed by atoms with van der Waals surface area (Å²) in [5.74, 6) is 0.727. The maximum Gasteiger partial charge on any atom is 0.251 e. The standard InChI is InChI=1S/C19H19N3O2/c1-12-4-8-15(9-5-12)17-21-19(24-22-17)14(3)20-18(23)16-10-6-13(2)7-11-16/h4-11,14H,1-3H3,(H,20,23)/t14-/m1/s1. The van der Waals surface area contributed by atoms with Crippen molar-refractivity contribution in [3.05, 3.63) is 71.1 Å². The lowest BCUT2D eigenvalue weighted by Gasteiger charge is -2.09. The van der Waals surface area contributed by atoms with Crippen molar-refractivity contribution in [2.45, 2.75) is 26.8 Å². The zero-order chi connectivity index (χ0) is 17.1. The average molecular weight is 321 g/mol. The number of rotatable bonds is 4. The van der Waals surface area contributed by atoms with Gasteiger partial charge in [0.2, 0.25) is 11.7 Å². The van der Waals surface area contributed by atoms with Crippen molar-refractivity contribution < 1.29 is 9.32 Å². The lowest BCUT2D eigenvalue weighted by Crippen LogP contribution is -2.26. The van der Waals surface area contributed by atoms with E-state index in [0.717, 1.165) is 11.1 Å². The first kappa shape index (κ1) is 15.9. The molecule has 0 saturated carbocycles. The number of carbonyl (C=O) groups excluding carboxylic acids is 1. The maximum atomic E-state index is 12.3. The van der Waals surface area contributed by atoms with Crippen LogP contribution in [0, 0.1) is 13.8 Å². The minimum absolute atomic E-state index is 0.169. The molecule has 0 fully saturated rings. The summed E-state index contributed by atoms with van der Waals surface area (Å²) < 4.78 is 5.29. The molecule has 0 spiro atoms. The molecule has 1 atom stereocenters. The second kappa shape index (κ2) is 6.66. The number of hydrogen-bond acceptors (Lipinski definition) is 4. The molecule has 5 nitrogen and oxygen atoms in total. The molecule has 122 valence electrons.